The minimum atomic E-state index is -0.121. The number of fused-ring (bicyclic) bond motifs is 2. The van der Waals surface area contributed by atoms with Crippen molar-refractivity contribution in [1.29, 1.82) is 0 Å². The summed E-state index contributed by atoms with van der Waals surface area (Å²) in [6.07, 6.45) is 8.42. The number of rotatable bonds is 6. The lowest BCUT2D eigenvalue weighted by Crippen LogP contribution is -2.24. The third kappa shape index (κ3) is 3.57. The fourth-order valence-corrected chi connectivity index (χ4v) is 4.09. The summed E-state index contributed by atoms with van der Waals surface area (Å²) < 4.78 is 4.37. The maximum atomic E-state index is 4.79. The molecule has 0 N–H and O–H groups in total. The van der Waals surface area contributed by atoms with Crippen molar-refractivity contribution in [1.82, 2.24) is 34.1 Å². The lowest BCUT2D eigenvalue weighted by molar-refractivity contribution is 0.371. The number of hydrogen-bond donors (Lipinski definition) is 0. The summed E-state index contributed by atoms with van der Waals surface area (Å²) in [5, 5.41) is 0. The molecule has 0 aliphatic heterocycles. The summed E-state index contributed by atoms with van der Waals surface area (Å²) in [5.41, 5.74) is 4.77. The van der Waals surface area contributed by atoms with Crippen LogP contribution in [0.15, 0.2) is 31.1 Å². The highest BCUT2D eigenvalue weighted by molar-refractivity contribution is 5.75. The van der Waals surface area contributed by atoms with Crippen LogP contribution in [0.2, 0.25) is 0 Å². The van der Waals surface area contributed by atoms with Crippen molar-refractivity contribution in [2.75, 3.05) is 0 Å². The molecule has 7 heteroatoms. The lowest BCUT2D eigenvalue weighted by Gasteiger charge is -2.28. The Morgan fingerprint density at radius 3 is 2.23 bits per heavy atom. The lowest BCUT2D eigenvalue weighted by atomic mass is 9.82. The van der Waals surface area contributed by atoms with Crippen molar-refractivity contribution < 1.29 is 0 Å². The van der Waals surface area contributed by atoms with Gasteiger partial charge in [0, 0.05) is 29.1 Å². The largest absolute Gasteiger partial charge is 0.328 e. The van der Waals surface area contributed by atoms with E-state index in [9.17, 15) is 0 Å². The summed E-state index contributed by atoms with van der Waals surface area (Å²) in [7, 11) is 0. The second-order valence-corrected chi connectivity index (χ2v) is 9.48. The molecule has 1 atom stereocenters. The molecule has 0 saturated carbocycles. The molecule has 0 aromatic carbocycles. The van der Waals surface area contributed by atoms with Gasteiger partial charge in [0.25, 0.3) is 0 Å². The van der Waals surface area contributed by atoms with E-state index in [4.69, 9.17) is 9.97 Å². The number of pyridine rings is 1. The maximum Gasteiger partial charge on any atom is 0.163 e. The molecule has 0 saturated heterocycles. The van der Waals surface area contributed by atoms with E-state index >= 15 is 0 Å². The van der Waals surface area contributed by atoms with E-state index in [1.54, 1.807) is 0 Å². The van der Waals surface area contributed by atoms with Crippen LogP contribution in [-0.2, 0) is 5.41 Å². The molecule has 4 aromatic rings. The van der Waals surface area contributed by atoms with Gasteiger partial charge >= 0.3 is 0 Å². The zero-order valence-electron chi connectivity index (χ0n) is 19.0. The minimum Gasteiger partial charge on any atom is -0.328 e. The standard InChI is InChI=1S/C23H31N7/c1-14(2)21-25-11-18-22(28-21)30(13-27-18)16(5)9-23(6,7)20-8-19-17(10-24-20)26-12-29(19)15(3)4/h8,10-16H,9H2,1-7H3. The van der Waals surface area contributed by atoms with E-state index in [1.165, 1.54) is 0 Å². The molecular formula is C23H31N7. The second-order valence-electron chi connectivity index (χ2n) is 9.48. The van der Waals surface area contributed by atoms with Gasteiger partial charge in [-0.1, -0.05) is 27.7 Å². The first-order valence-electron chi connectivity index (χ1n) is 10.7. The first kappa shape index (κ1) is 20.4. The van der Waals surface area contributed by atoms with Gasteiger partial charge in [0.2, 0.25) is 0 Å². The SMILES string of the molecule is CC(C)c1ncc2ncn(C(C)CC(C)(C)c3cc4c(cn3)ncn4C(C)C)c2n1. The predicted molar refractivity (Wildman–Crippen MR) is 120 cm³/mol. The molecule has 0 aliphatic carbocycles. The number of nitrogens with zero attached hydrogens (tertiary/aromatic N) is 7. The average Bonchev–Trinajstić information content (AvgIpc) is 3.30. The van der Waals surface area contributed by atoms with Crippen molar-refractivity contribution >= 4 is 22.2 Å². The molecular weight excluding hydrogens is 374 g/mol. The van der Waals surface area contributed by atoms with Gasteiger partial charge in [-0.05, 0) is 33.3 Å². The number of aromatic nitrogens is 7. The van der Waals surface area contributed by atoms with Gasteiger partial charge in [0.15, 0.2) is 5.65 Å². The highest BCUT2D eigenvalue weighted by atomic mass is 15.1. The van der Waals surface area contributed by atoms with Crippen LogP contribution in [0.1, 0.15) is 84.4 Å². The van der Waals surface area contributed by atoms with Gasteiger partial charge in [0.1, 0.15) is 16.9 Å². The third-order valence-electron chi connectivity index (χ3n) is 5.84. The van der Waals surface area contributed by atoms with Crippen molar-refractivity contribution in [3.8, 4) is 0 Å². The number of imidazole rings is 2. The predicted octanol–water partition coefficient (Wildman–Crippen LogP) is 5.20. The topological polar surface area (TPSA) is 74.3 Å². The average molecular weight is 406 g/mol. The van der Waals surface area contributed by atoms with Crippen LogP contribution >= 0.6 is 0 Å². The Bertz CT molecular complexity index is 1180. The van der Waals surface area contributed by atoms with Gasteiger partial charge in [-0.25, -0.2) is 19.9 Å². The fraction of sp³-hybridized carbons (Fsp3) is 0.522. The Morgan fingerprint density at radius 2 is 1.53 bits per heavy atom. The third-order valence-corrected chi connectivity index (χ3v) is 5.84. The molecule has 0 fully saturated rings. The van der Waals surface area contributed by atoms with E-state index in [2.05, 4.69) is 78.6 Å². The van der Waals surface area contributed by atoms with Crippen LogP contribution in [0.4, 0.5) is 0 Å². The van der Waals surface area contributed by atoms with Crippen molar-refractivity contribution in [3.63, 3.8) is 0 Å². The van der Waals surface area contributed by atoms with Crippen molar-refractivity contribution in [2.24, 2.45) is 0 Å². The van der Waals surface area contributed by atoms with Crippen LogP contribution in [0.5, 0.6) is 0 Å². The second kappa shape index (κ2) is 7.45. The van der Waals surface area contributed by atoms with Gasteiger partial charge in [-0.3, -0.25) is 4.98 Å². The molecule has 0 bridgehead atoms. The molecule has 4 heterocycles. The minimum absolute atomic E-state index is 0.121. The van der Waals surface area contributed by atoms with Gasteiger partial charge < -0.3 is 9.13 Å². The van der Waals surface area contributed by atoms with Crippen LogP contribution in [0, 0.1) is 0 Å². The Kier molecular flexibility index (Phi) is 5.08. The Labute approximate surface area is 177 Å². The van der Waals surface area contributed by atoms with Crippen molar-refractivity contribution in [3.05, 3.63) is 42.6 Å². The Balaban J connectivity index is 1.66. The fourth-order valence-electron chi connectivity index (χ4n) is 4.09. The Morgan fingerprint density at radius 1 is 0.867 bits per heavy atom. The zero-order chi connectivity index (χ0) is 21.6. The zero-order valence-corrected chi connectivity index (χ0v) is 19.0. The van der Waals surface area contributed by atoms with E-state index in [0.29, 0.717) is 6.04 Å². The molecule has 4 rings (SSSR count). The normalized spacial score (nSPS) is 13.8. The van der Waals surface area contributed by atoms with Crippen LogP contribution in [0.25, 0.3) is 22.2 Å². The monoisotopic (exact) mass is 405 g/mol. The molecule has 0 amide bonds. The molecule has 0 aliphatic rings. The summed E-state index contributed by atoms with van der Waals surface area (Å²) in [6, 6.07) is 2.77. The molecule has 158 valence electrons. The summed E-state index contributed by atoms with van der Waals surface area (Å²) in [5.74, 6) is 1.14. The van der Waals surface area contributed by atoms with E-state index in [1.807, 2.05) is 25.0 Å². The highest BCUT2D eigenvalue weighted by Crippen LogP contribution is 2.34. The maximum absolute atomic E-state index is 4.79. The van der Waals surface area contributed by atoms with Crippen LogP contribution < -0.4 is 0 Å². The molecule has 7 nitrogen and oxygen atoms in total. The highest BCUT2D eigenvalue weighted by Gasteiger charge is 2.27. The van der Waals surface area contributed by atoms with Gasteiger partial charge in [-0.2, -0.15) is 0 Å². The first-order chi connectivity index (χ1) is 14.2. The first-order valence-corrected chi connectivity index (χ1v) is 10.7. The summed E-state index contributed by atoms with van der Waals surface area (Å²) in [6.45, 7) is 15.3. The van der Waals surface area contributed by atoms with Crippen LogP contribution in [0.3, 0.4) is 0 Å². The van der Waals surface area contributed by atoms with E-state index < -0.39 is 0 Å². The number of hydrogen-bond acceptors (Lipinski definition) is 5. The smallest absolute Gasteiger partial charge is 0.163 e. The van der Waals surface area contributed by atoms with E-state index in [-0.39, 0.29) is 17.4 Å². The molecule has 4 aromatic heterocycles. The molecule has 30 heavy (non-hydrogen) atoms. The summed E-state index contributed by atoms with van der Waals surface area (Å²) >= 11 is 0. The van der Waals surface area contributed by atoms with E-state index in [0.717, 1.165) is 40.1 Å². The molecule has 0 spiro atoms. The quantitative estimate of drug-likeness (QED) is 0.440. The summed E-state index contributed by atoms with van der Waals surface area (Å²) in [4.78, 5) is 23.0. The Hall–Kier alpha value is -2.83. The van der Waals surface area contributed by atoms with Gasteiger partial charge in [-0.15, -0.1) is 0 Å². The molecule has 1 unspecified atom stereocenters. The van der Waals surface area contributed by atoms with Crippen molar-refractivity contribution in [2.45, 2.75) is 78.3 Å². The van der Waals surface area contributed by atoms with Gasteiger partial charge in [0.05, 0.1) is 30.6 Å². The molecule has 0 radical (unpaired) electrons. The van der Waals surface area contributed by atoms with Crippen LogP contribution in [-0.4, -0.2) is 34.1 Å².